The van der Waals surface area contributed by atoms with Crippen molar-refractivity contribution in [1.82, 2.24) is 20.3 Å². The second-order valence-electron chi connectivity index (χ2n) is 10.2. The lowest BCUT2D eigenvalue weighted by molar-refractivity contribution is -0.122. The molecule has 0 bridgehead atoms. The van der Waals surface area contributed by atoms with E-state index in [0.29, 0.717) is 58.0 Å². The number of nitrogens with zero attached hydrogens (tertiary/aromatic N) is 4. The topological polar surface area (TPSA) is 106 Å². The highest BCUT2D eigenvalue weighted by atomic mass is 32.2. The van der Waals surface area contributed by atoms with E-state index in [2.05, 4.69) is 32.1 Å². The van der Waals surface area contributed by atoms with Crippen molar-refractivity contribution in [1.29, 1.82) is 0 Å². The molecule has 2 aliphatic carbocycles. The van der Waals surface area contributed by atoms with Crippen LogP contribution in [0.5, 0.6) is 5.75 Å². The number of carbonyl (C=O) groups is 1. The number of anilines is 2. The number of hydrogen-bond donors (Lipinski definition) is 2. The average molecular weight is 563 g/mol. The average Bonchev–Trinajstić information content (AvgIpc) is 3.90. The number of benzene rings is 1. The van der Waals surface area contributed by atoms with Crippen LogP contribution in [-0.2, 0) is 10.5 Å². The Morgan fingerprint density at radius 3 is 2.75 bits per heavy atom. The third kappa shape index (κ3) is 5.33. The number of carbonyl (C=O) groups excluding carboxylic acids is 1. The quantitative estimate of drug-likeness (QED) is 0.318. The summed E-state index contributed by atoms with van der Waals surface area (Å²) >= 11 is 1.39. The van der Waals surface area contributed by atoms with E-state index in [1.165, 1.54) is 31.1 Å². The van der Waals surface area contributed by atoms with Gasteiger partial charge in [0.05, 0.1) is 25.0 Å². The molecule has 206 valence electrons. The van der Waals surface area contributed by atoms with Crippen molar-refractivity contribution in [3.63, 3.8) is 0 Å². The number of nitrogen functional groups attached to an aromatic ring is 1. The van der Waals surface area contributed by atoms with Gasteiger partial charge in [-0.25, -0.2) is 18.7 Å². The Morgan fingerprint density at radius 1 is 1.23 bits per heavy atom. The van der Waals surface area contributed by atoms with Crippen LogP contribution in [0.3, 0.4) is 0 Å². The van der Waals surface area contributed by atoms with Crippen LogP contribution in [-0.4, -0.2) is 46.6 Å². The second kappa shape index (κ2) is 10.7. The lowest BCUT2D eigenvalue weighted by Gasteiger charge is -2.34. The maximum atomic E-state index is 13.7. The Balaban J connectivity index is 1.34. The zero-order valence-electron chi connectivity index (χ0n) is 21.9. The van der Waals surface area contributed by atoms with Gasteiger partial charge < -0.3 is 20.7 Å². The SMILES string of the molecule is COc1cnc(C(F)F)cc1-c1cc(N2CCNC3(CC3)C2=O)ccc1CSc1ncc(C#CC2CC2)nc1N. The van der Waals surface area contributed by atoms with Gasteiger partial charge in [0.15, 0.2) is 5.82 Å². The highest BCUT2D eigenvalue weighted by molar-refractivity contribution is 7.98. The molecule has 3 aromatic rings. The predicted octanol–water partition coefficient (Wildman–Crippen LogP) is 4.59. The monoisotopic (exact) mass is 562 g/mol. The van der Waals surface area contributed by atoms with Crippen molar-refractivity contribution in [2.75, 3.05) is 30.8 Å². The molecule has 3 heterocycles. The smallest absolute Gasteiger partial charge is 0.280 e. The Kier molecular flexibility index (Phi) is 7.06. The fourth-order valence-electron chi connectivity index (χ4n) is 4.78. The molecule has 1 aliphatic heterocycles. The van der Waals surface area contributed by atoms with E-state index >= 15 is 0 Å². The summed E-state index contributed by atoms with van der Waals surface area (Å²) in [5.41, 5.74) is 8.58. The van der Waals surface area contributed by atoms with Gasteiger partial charge >= 0.3 is 0 Å². The van der Waals surface area contributed by atoms with E-state index in [-0.39, 0.29) is 17.4 Å². The molecule has 1 spiro atoms. The molecule has 3 N–H and O–H groups in total. The minimum Gasteiger partial charge on any atom is -0.494 e. The molecule has 1 aromatic carbocycles. The number of hydrogen-bond acceptors (Lipinski definition) is 8. The molecule has 3 fully saturated rings. The fraction of sp³-hybridized carbons (Fsp3) is 0.379. The van der Waals surface area contributed by atoms with Gasteiger partial charge in [-0.05, 0) is 60.9 Å². The third-order valence-corrected chi connectivity index (χ3v) is 8.38. The number of alkyl halides is 2. The lowest BCUT2D eigenvalue weighted by Crippen LogP contribution is -2.57. The molecule has 0 atom stereocenters. The van der Waals surface area contributed by atoms with E-state index in [4.69, 9.17) is 10.5 Å². The summed E-state index contributed by atoms with van der Waals surface area (Å²) in [5, 5.41) is 3.89. The highest BCUT2D eigenvalue weighted by Gasteiger charge is 2.53. The largest absolute Gasteiger partial charge is 0.494 e. The standard InChI is InChI=1S/C29H28F2N6O2S/c1-39-24-15-33-23(25(30)31)13-22(24)21-12-20(37-11-10-35-29(8-9-29)28(37)38)7-5-18(21)16-40-27-26(32)36-19(14-34-27)6-4-17-2-3-17/h5,7,12-15,17,25,35H,2-3,8-11,16H2,1H3,(H2,32,36). The van der Waals surface area contributed by atoms with Crippen molar-refractivity contribution < 1.29 is 18.3 Å². The number of nitrogens with one attached hydrogen (secondary N) is 1. The molecule has 40 heavy (non-hydrogen) atoms. The second-order valence-corrected chi connectivity index (χ2v) is 11.2. The van der Waals surface area contributed by atoms with Gasteiger partial charge in [0, 0.05) is 36.0 Å². The molecule has 6 rings (SSSR count). The Morgan fingerprint density at radius 2 is 2.05 bits per heavy atom. The van der Waals surface area contributed by atoms with E-state index in [1.54, 1.807) is 11.1 Å². The summed E-state index contributed by atoms with van der Waals surface area (Å²) < 4.78 is 32.8. The highest BCUT2D eigenvalue weighted by Crippen LogP contribution is 2.42. The van der Waals surface area contributed by atoms with Crippen LogP contribution in [0.15, 0.2) is 41.7 Å². The number of rotatable bonds is 7. The van der Waals surface area contributed by atoms with Crippen LogP contribution in [0.4, 0.5) is 20.3 Å². The number of thioether (sulfide) groups is 1. The number of methoxy groups -OCH3 is 1. The first kappa shape index (κ1) is 26.5. The van der Waals surface area contributed by atoms with Gasteiger partial charge in [-0.2, -0.15) is 0 Å². The van der Waals surface area contributed by atoms with Gasteiger partial charge in [-0.15, -0.1) is 0 Å². The summed E-state index contributed by atoms with van der Waals surface area (Å²) in [6.07, 6.45) is 4.04. The molecule has 2 saturated carbocycles. The number of piperazine rings is 1. The predicted molar refractivity (Wildman–Crippen MR) is 149 cm³/mol. The van der Waals surface area contributed by atoms with Crippen LogP contribution in [0, 0.1) is 17.8 Å². The van der Waals surface area contributed by atoms with Crippen molar-refractivity contribution in [3.05, 3.63) is 53.6 Å². The van der Waals surface area contributed by atoms with Crippen molar-refractivity contribution in [2.24, 2.45) is 5.92 Å². The minimum atomic E-state index is -2.74. The van der Waals surface area contributed by atoms with Crippen LogP contribution in [0.2, 0.25) is 0 Å². The van der Waals surface area contributed by atoms with Crippen LogP contribution in [0.1, 0.15) is 49.1 Å². The van der Waals surface area contributed by atoms with E-state index < -0.39 is 12.0 Å². The van der Waals surface area contributed by atoms with Crippen LogP contribution < -0.4 is 20.7 Å². The Hall–Kier alpha value is -3.75. The number of halogens is 2. The number of ether oxygens (including phenoxy) is 1. The molecule has 2 aromatic heterocycles. The first-order valence-electron chi connectivity index (χ1n) is 13.2. The number of aromatic nitrogens is 3. The molecule has 0 unspecified atom stereocenters. The van der Waals surface area contributed by atoms with Gasteiger partial charge in [0.1, 0.15) is 22.2 Å². The molecule has 1 saturated heterocycles. The maximum absolute atomic E-state index is 13.7. The molecule has 0 radical (unpaired) electrons. The molecule has 3 aliphatic rings. The van der Waals surface area contributed by atoms with E-state index in [9.17, 15) is 13.6 Å². The van der Waals surface area contributed by atoms with Gasteiger partial charge in [-0.1, -0.05) is 23.7 Å². The Labute approximate surface area is 235 Å². The molecule has 8 nitrogen and oxygen atoms in total. The first-order valence-corrected chi connectivity index (χ1v) is 14.1. The minimum absolute atomic E-state index is 0.0368. The van der Waals surface area contributed by atoms with E-state index in [0.717, 1.165) is 31.2 Å². The first-order chi connectivity index (χ1) is 19.4. The molecular formula is C29H28F2N6O2S. The third-order valence-electron chi connectivity index (χ3n) is 7.34. The van der Waals surface area contributed by atoms with Crippen molar-refractivity contribution in [2.45, 2.75) is 48.4 Å². The van der Waals surface area contributed by atoms with Crippen LogP contribution in [0.25, 0.3) is 11.1 Å². The van der Waals surface area contributed by atoms with Crippen molar-refractivity contribution >= 4 is 29.2 Å². The summed E-state index contributed by atoms with van der Waals surface area (Å²) in [6, 6.07) is 7.02. The normalized spacial score (nSPS) is 17.6. The zero-order chi connectivity index (χ0) is 27.9. The summed E-state index contributed by atoms with van der Waals surface area (Å²) in [5.74, 6) is 7.73. The number of nitrogens with two attached hydrogens (primary N) is 1. The van der Waals surface area contributed by atoms with Gasteiger partial charge in [-0.3, -0.25) is 9.78 Å². The molecular weight excluding hydrogens is 534 g/mol. The van der Waals surface area contributed by atoms with Crippen molar-refractivity contribution in [3.8, 4) is 28.7 Å². The summed E-state index contributed by atoms with van der Waals surface area (Å²) in [4.78, 5) is 27.7. The Bertz CT molecular complexity index is 1530. The van der Waals surface area contributed by atoms with Crippen LogP contribution >= 0.6 is 11.8 Å². The zero-order valence-corrected chi connectivity index (χ0v) is 22.7. The number of pyridine rings is 1. The summed E-state index contributed by atoms with van der Waals surface area (Å²) in [7, 11) is 1.47. The van der Waals surface area contributed by atoms with Gasteiger partial charge in [0.25, 0.3) is 6.43 Å². The molecule has 1 amide bonds. The molecule has 11 heteroatoms. The fourth-order valence-corrected chi connectivity index (χ4v) is 5.64. The summed E-state index contributed by atoms with van der Waals surface area (Å²) in [6.45, 7) is 1.21. The lowest BCUT2D eigenvalue weighted by atomic mass is 9.98. The maximum Gasteiger partial charge on any atom is 0.280 e. The van der Waals surface area contributed by atoms with Gasteiger partial charge in [0.2, 0.25) is 5.91 Å². The number of amides is 1. The van der Waals surface area contributed by atoms with E-state index in [1.807, 2.05) is 18.2 Å².